The van der Waals surface area contributed by atoms with Crippen LogP contribution in [0.3, 0.4) is 0 Å². The lowest BCUT2D eigenvalue weighted by Crippen LogP contribution is -2.30. The summed E-state index contributed by atoms with van der Waals surface area (Å²) >= 11 is 0. The summed E-state index contributed by atoms with van der Waals surface area (Å²) in [5, 5.41) is 0. The number of carbonyl (C=O) groups excluding carboxylic acids is 8. The summed E-state index contributed by atoms with van der Waals surface area (Å²) in [7, 11) is 2.87. The first-order valence-electron chi connectivity index (χ1n) is 23.7. The van der Waals surface area contributed by atoms with E-state index in [4.69, 9.17) is 52.1 Å². The van der Waals surface area contributed by atoms with Gasteiger partial charge in [-0.25, -0.2) is 24.0 Å². The van der Waals surface area contributed by atoms with Gasteiger partial charge < -0.3 is 56.8 Å². The molecule has 0 saturated heterocycles. The fraction of sp³-hybridized carbons (Fsp3) is 0.370. The molecule has 1 aliphatic rings. The third kappa shape index (κ3) is 18.5. The Balaban J connectivity index is 1.15. The average molecular weight is 1030 g/mol. The van der Waals surface area contributed by atoms with Gasteiger partial charge in [0.2, 0.25) is 0 Å². The zero-order valence-electron chi connectivity index (χ0n) is 41.1. The Morgan fingerprint density at radius 3 is 1.28 bits per heavy atom. The van der Waals surface area contributed by atoms with Crippen LogP contribution in [0.5, 0.6) is 34.5 Å². The molecule has 0 aromatic heterocycles. The van der Waals surface area contributed by atoms with E-state index in [9.17, 15) is 38.4 Å². The molecule has 0 radical (unpaired) electrons. The maximum atomic E-state index is 13.4. The van der Waals surface area contributed by atoms with Crippen LogP contribution in [0.2, 0.25) is 0 Å². The zero-order valence-corrected chi connectivity index (χ0v) is 41.1. The molecule has 0 atom stereocenters. The fourth-order valence-corrected chi connectivity index (χ4v) is 7.04. The summed E-state index contributed by atoms with van der Waals surface area (Å²) in [6.07, 6.45) is 4.60. The van der Waals surface area contributed by atoms with Crippen molar-refractivity contribution >= 4 is 48.3 Å². The molecule has 20 heteroatoms. The van der Waals surface area contributed by atoms with Crippen LogP contribution in [0.4, 0.5) is 0 Å². The number of esters is 7. The summed E-state index contributed by atoms with van der Waals surface area (Å²) in [6.45, 7) is 4.94. The summed E-state index contributed by atoms with van der Waals surface area (Å²) in [4.78, 5) is 101. The first-order valence-corrected chi connectivity index (χ1v) is 23.7. The number of rotatable bonds is 30. The largest absolute Gasteiger partial charge is 0.494 e. The van der Waals surface area contributed by atoms with Gasteiger partial charge in [0.25, 0.3) is 6.47 Å². The number of unbranched alkanes of at least 4 members (excludes halogenated alkanes) is 2. The number of hydrogen-bond acceptors (Lipinski definition) is 20. The SMILES string of the molecule is C=CC(=O)OCCCCOc1ccc(C(=O)Oc2ccc(OC(=O)C3CCC(C(=O)Oc4ccc(OC(=O)c5ccc(OCCCCOC=O)cc5)c(C(=O)OCCOC)c4)CC3)cc2C(=O)OCCOC)cc1. The predicted octanol–water partition coefficient (Wildman–Crippen LogP) is 7.27. The molecule has 0 aliphatic heterocycles. The van der Waals surface area contributed by atoms with Gasteiger partial charge in [0.05, 0.1) is 62.6 Å². The van der Waals surface area contributed by atoms with Crippen LogP contribution in [-0.2, 0) is 47.6 Å². The normalized spacial score (nSPS) is 13.8. The van der Waals surface area contributed by atoms with Gasteiger partial charge in [-0.05, 0) is 136 Å². The third-order valence-corrected chi connectivity index (χ3v) is 11.0. The van der Waals surface area contributed by atoms with Crippen LogP contribution >= 0.6 is 0 Å². The molecule has 0 amide bonds. The number of carbonyl (C=O) groups is 8. The Kier molecular flexibility index (Phi) is 23.6. The maximum Gasteiger partial charge on any atom is 0.343 e. The van der Waals surface area contributed by atoms with Gasteiger partial charge in [0.15, 0.2) is 0 Å². The van der Waals surface area contributed by atoms with E-state index in [1.807, 2.05) is 0 Å². The molecule has 0 unspecified atom stereocenters. The molecule has 0 heterocycles. The quantitative estimate of drug-likeness (QED) is 0.0124. The number of benzene rings is 4. The molecule has 0 spiro atoms. The van der Waals surface area contributed by atoms with E-state index in [-0.39, 0.29) is 111 Å². The maximum absolute atomic E-state index is 13.4. The fourth-order valence-electron chi connectivity index (χ4n) is 7.04. The molecular formula is C54H58O20. The van der Waals surface area contributed by atoms with Crippen molar-refractivity contribution in [3.63, 3.8) is 0 Å². The topological polar surface area (TPSA) is 247 Å². The van der Waals surface area contributed by atoms with Gasteiger partial charge in [-0.3, -0.25) is 14.4 Å². The predicted molar refractivity (Wildman–Crippen MR) is 259 cm³/mol. The minimum atomic E-state index is -0.864. The van der Waals surface area contributed by atoms with Crippen molar-refractivity contribution in [2.75, 3.05) is 67.1 Å². The van der Waals surface area contributed by atoms with Crippen LogP contribution in [0.15, 0.2) is 97.6 Å². The van der Waals surface area contributed by atoms with Crippen molar-refractivity contribution in [2.45, 2.75) is 51.4 Å². The van der Waals surface area contributed by atoms with Gasteiger partial charge in [-0.15, -0.1) is 0 Å². The van der Waals surface area contributed by atoms with Crippen molar-refractivity contribution in [3.8, 4) is 34.5 Å². The minimum Gasteiger partial charge on any atom is -0.494 e. The van der Waals surface area contributed by atoms with Gasteiger partial charge in [0.1, 0.15) is 58.8 Å². The summed E-state index contributed by atoms with van der Waals surface area (Å²) in [6, 6.07) is 20.1. The average Bonchev–Trinajstić information content (AvgIpc) is 3.41. The molecule has 1 saturated carbocycles. The Labute approximate surface area is 427 Å². The van der Waals surface area contributed by atoms with Gasteiger partial charge in [-0.1, -0.05) is 6.58 Å². The zero-order chi connectivity index (χ0) is 53.1. The lowest BCUT2D eigenvalue weighted by molar-refractivity contribution is -0.145. The summed E-state index contributed by atoms with van der Waals surface area (Å²) in [5.74, 6) is -5.59. The molecule has 1 aliphatic carbocycles. The lowest BCUT2D eigenvalue weighted by Gasteiger charge is -2.26. The molecule has 4 aromatic rings. The molecule has 0 bridgehead atoms. The van der Waals surface area contributed by atoms with E-state index in [2.05, 4.69) is 11.3 Å². The molecule has 0 N–H and O–H groups in total. The standard InChI is InChI=1S/C54H58O20/c1-4-48(56)68-28-8-7-27-67-41-19-15-39(16-20-41)52(60)74-47-24-22-43(34-45(47)54(62)70-32-30-64-3)72-50(58)37-11-9-36(10-12-37)49(57)71-42-21-23-46(44(33-42)53(61)69-31-29-63-2)73-51(59)38-13-17-40(18-14-38)66-26-6-5-25-65-35-55/h4,13-24,33-37H,1,5-12,25-32H2,2-3H3. The second-order valence-electron chi connectivity index (χ2n) is 16.2. The van der Waals surface area contributed by atoms with Crippen LogP contribution in [0.1, 0.15) is 92.8 Å². The Hall–Kier alpha value is -8.10. The molecular weight excluding hydrogens is 969 g/mol. The van der Waals surface area contributed by atoms with Gasteiger partial charge in [0, 0.05) is 20.3 Å². The van der Waals surface area contributed by atoms with E-state index in [1.165, 1.54) is 74.9 Å². The third-order valence-electron chi connectivity index (χ3n) is 11.0. The van der Waals surface area contributed by atoms with Crippen LogP contribution in [0, 0.1) is 11.8 Å². The number of methoxy groups -OCH3 is 2. The van der Waals surface area contributed by atoms with Gasteiger partial charge in [-0.2, -0.15) is 0 Å². The monoisotopic (exact) mass is 1030 g/mol. The number of hydrogen-bond donors (Lipinski definition) is 0. The van der Waals surface area contributed by atoms with E-state index >= 15 is 0 Å². The molecule has 5 rings (SSSR count). The van der Waals surface area contributed by atoms with Crippen LogP contribution in [-0.4, -0.2) is 115 Å². The Bertz CT molecular complexity index is 2530. The summed E-state index contributed by atoms with van der Waals surface area (Å²) in [5.41, 5.74) is -0.0597. The molecule has 394 valence electrons. The second-order valence-corrected chi connectivity index (χ2v) is 16.2. The molecule has 4 aromatic carbocycles. The molecule has 1 fully saturated rings. The van der Waals surface area contributed by atoms with E-state index in [0.717, 1.165) is 6.08 Å². The van der Waals surface area contributed by atoms with Crippen molar-refractivity contribution in [2.24, 2.45) is 11.8 Å². The molecule has 20 nitrogen and oxygen atoms in total. The van der Waals surface area contributed by atoms with E-state index in [0.29, 0.717) is 56.9 Å². The van der Waals surface area contributed by atoms with Crippen LogP contribution in [0.25, 0.3) is 0 Å². The minimum absolute atomic E-state index is 0.0160. The van der Waals surface area contributed by atoms with Crippen LogP contribution < -0.4 is 28.4 Å². The highest BCUT2D eigenvalue weighted by Gasteiger charge is 2.33. The highest BCUT2D eigenvalue weighted by Crippen LogP contribution is 2.34. The highest BCUT2D eigenvalue weighted by atomic mass is 16.6. The highest BCUT2D eigenvalue weighted by molar-refractivity contribution is 5.98. The van der Waals surface area contributed by atoms with Crippen molar-refractivity contribution < 1.29 is 95.2 Å². The Morgan fingerprint density at radius 1 is 0.473 bits per heavy atom. The van der Waals surface area contributed by atoms with E-state index in [1.54, 1.807) is 24.3 Å². The smallest absolute Gasteiger partial charge is 0.343 e. The number of ether oxygens (including phenoxy) is 12. The molecule has 74 heavy (non-hydrogen) atoms. The lowest BCUT2D eigenvalue weighted by atomic mass is 9.82. The summed E-state index contributed by atoms with van der Waals surface area (Å²) < 4.78 is 64.1. The first kappa shape index (κ1) is 56.8. The van der Waals surface area contributed by atoms with Crippen molar-refractivity contribution in [1.82, 2.24) is 0 Å². The van der Waals surface area contributed by atoms with Crippen molar-refractivity contribution in [1.29, 1.82) is 0 Å². The van der Waals surface area contributed by atoms with E-state index < -0.39 is 53.6 Å². The van der Waals surface area contributed by atoms with Gasteiger partial charge >= 0.3 is 41.8 Å². The first-order chi connectivity index (χ1) is 35.9. The second kappa shape index (κ2) is 30.7. The van der Waals surface area contributed by atoms with Crippen molar-refractivity contribution in [3.05, 3.63) is 120 Å². The Morgan fingerprint density at radius 2 is 0.878 bits per heavy atom.